The number of nitrogens with one attached hydrogen (secondary N) is 1. The second-order valence-electron chi connectivity index (χ2n) is 5.24. The molecule has 2 nitrogen and oxygen atoms in total. The minimum atomic E-state index is 0.454. The third kappa shape index (κ3) is 2.97. The molecule has 1 aliphatic carbocycles. The van der Waals surface area contributed by atoms with E-state index in [1.807, 2.05) is 11.3 Å². The maximum absolute atomic E-state index is 4.93. The van der Waals surface area contributed by atoms with Crippen molar-refractivity contribution in [3.63, 3.8) is 0 Å². The number of halogens is 1. The quantitative estimate of drug-likeness (QED) is 0.843. The number of hydrogen-bond acceptors (Lipinski definition) is 3. The number of thiazole rings is 1. The molecule has 2 aromatic rings. The van der Waals surface area contributed by atoms with Gasteiger partial charge in [-0.1, -0.05) is 35.0 Å². The van der Waals surface area contributed by atoms with E-state index in [1.54, 1.807) is 0 Å². The van der Waals surface area contributed by atoms with E-state index in [4.69, 9.17) is 4.98 Å². The van der Waals surface area contributed by atoms with Crippen LogP contribution in [0.15, 0.2) is 28.7 Å². The Hall–Kier alpha value is -0.710. The summed E-state index contributed by atoms with van der Waals surface area (Å²) in [5.74, 6) is 0. The van der Waals surface area contributed by atoms with Crippen molar-refractivity contribution in [1.82, 2.24) is 10.3 Å². The lowest BCUT2D eigenvalue weighted by Gasteiger charge is -2.22. The first kappa shape index (κ1) is 14.2. The molecule has 1 aliphatic rings. The van der Waals surface area contributed by atoms with Gasteiger partial charge in [0.15, 0.2) is 0 Å². The maximum Gasteiger partial charge on any atom is 0.123 e. The van der Waals surface area contributed by atoms with Crippen LogP contribution in [-0.2, 0) is 6.42 Å². The molecule has 0 saturated heterocycles. The van der Waals surface area contributed by atoms with E-state index in [9.17, 15) is 0 Å². The van der Waals surface area contributed by atoms with Crippen LogP contribution in [0.3, 0.4) is 0 Å². The van der Waals surface area contributed by atoms with E-state index >= 15 is 0 Å². The highest BCUT2D eigenvalue weighted by molar-refractivity contribution is 9.10. The molecule has 3 rings (SSSR count). The van der Waals surface area contributed by atoms with Crippen molar-refractivity contribution in [1.29, 1.82) is 0 Å². The van der Waals surface area contributed by atoms with Crippen LogP contribution in [0.5, 0.6) is 0 Å². The Kier molecular flexibility index (Phi) is 4.54. The molecular formula is C16H19BrN2S. The maximum atomic E-state index is 4.93. The van der Waals surface area contributed by atoms with Crippen molar-refractivity contribution in [2.24, 2.45) is 0 Å². The third-order valence-corrected chi connectivity index (χ3v) is 5.34. The fourth-order valence-electron chi connectivity index (χ4n) is 2.68. The summed E-state index contributed by atoms with van der Waals surface area (Å²) in [5.41, 5.74) is 2.51. The van der Waals surface area contributed by atoms with Gasteiger partial charge in [-0.15, -0.1) is 11.3 Å². The minimum Gasteiger partial charge on any atom is -0.309 e. The van der Waals surface area contributed by atoms with Crippen LogP contribution in [0, 0.1) is 0 Å². The molecule has 1 unspecified atom stereocenters. The lowest BCUT2D eigenvalue weighted by molar-refractivity contribution is 0.454. The lowest BCUT2D eigenvalue weighted by atomic mass is 9.97. The first-order chi connectivity index (χ1) is 9.78. The molecule has 1 N–H and O–H groups in total. The van der Waals surface area contributed by atoms with Gasteiger partial charge in [-0.05, 0) is 44.4 Å². The van der Waals surface area contributed by atoms with Crippen LogP contribution in [-0.4, -0.2) is 11.5 Å². The summed E-state index contributed by atoms with van der Waals surface area (Å²) in [5, 5.41) is 4.79. The van der Waals surface area contributed by atoms with Gasteiger partial charge in [0.1, 0.15) is 5.01 Å². The molecule has 106 valence electrons. The number of benzene rings is 1. The molecule has 0 amide bonds. The van der Waals surface area contributed by atoms with Crippen molar-refractivity contribution in [2.75, 3.05) is 6.54 Å². The average molecular weight is 351 g/mol. The van der Waals surface area contributed by atoms with E-state index in [2.05, 4.69) is 52.4 Å². The largest absolute Gasteiger partial charge is 0.309 e. The molecular weight excluding hydrogens is 332 g/mol. The number of fused-ring (bicyclic) bond motifs is 1. The molecule has 0 radical (unpaired) electrons. The highest BCUT2D eigenvalue weighted by atomic mass is 79.9. The zero-order valence-corrected chi connectivity index (χ0v) is 14.1. The van der Waals surface area contributed by atoms with Crippen LogP contribution in [0.1, 0.15) is 42.8 Å². The molecule has 1 atom stereocenters. The second kappa shape index (κ2) is 6.37. The van der Waals surface area contributed by atoms with Gasteiger partial charge in [-0.2, -0.15) is 0 Å². The smallest absolute Gasteiger partial charge is 0.123 e. The molecule has 0 bridgehead atoms. The molecule has 1 aromatic carbocycles. The lowest BCUT2D eigenvalue weighted by Crippen LogP contribution is -2.25. The summed E-state index contributed by atoms with van der Waals surface area (Å²) in [6, 6.07) is 8.88. The van der Waals surface area contributed by atoms with Gasteiger partial charge in [-0.3, -0.25) is 0 Å². The predicted molar refractivity (Wildman–Crippen MR) is 89.2 cm³/mol. The number of aromatic nitrogens is 1. The van der Waals surface area contributed by atoms with Gasteiger partial charge in [0.05, 0.1) is 11.7 Å². The first-order valence-electron chi connectivity index (χ1n) is 7.27. The summed E-state index contributed by atoms with van der Waals surface area (Å²) < 4.78 is 1.11. The van der Waals surface area contributed by atoms with E-state index in [0.29, 0.717) is 6.04 Å². The fourth-order valence-corrected chi connectivity index (χ4v) is 4.24. The molecule has 0 aliphatic heterocycles. The predicted octanol–water partition coefficient (Wildman–Crippen LogP) is 4.95. The Balaban J connectivity index is 1.91. The van der Waals surface area contributed by atoms with Crippen molar-refractivity contribution >= 4 is 27.3 Å². The highest BCUT2D eigenvalue weighted by Gasteiger charge is 2.24. The molecule has 0 saturated carbocycles. The van der Waals surface area contributed by atoms with Gasteiger partial charge in [-0.25, -0.2) is 4.98 Å². The highest BCUT2D eigenvalue weighted by Crippen LogP contribution is 2.37. The summed E-state index contributed by atoms with van der Waals surface area (Å²) in [7, 11) is 0. The van der Waals surface area contributed by atoms with Crippen molar-refractivity contribution in [2.45, 2.75) is 38.6 Å². The number of nitrogens with zero attached hydrogens (tertiary/aromatic N) is 1. The van der Waals surface area contributed by atoms with Crippen molar-refractivity contribution in [3.05, 3.63) is 39.3 Å². The zero-order valence-electron chi connectivity index (χ0n) is 11.7. The first-order valence-corrected chi connectivity index (χ1v) is 8.88. The van der Waals surface area contributed by atoms with Crippen LogP contribution in [0.25, 0.3) is 10.6 Å². The molecule has 0 fully saturated rings. The summed E-state index contributed by atoms with van der Waals surface area (Å²) in [6.07, 6.45) is 4.85. The van der Waals surface area contributed by atoms with Crippen LogP contribution >= 0.6 is 27.3 Å². The van der Waals surface area contributed by atoms with Gasteiger partial charge >= 0.3 is 0 Å². The molecule has 20 heavy (non-hydrogen) atoms. The number of aryl methyl sites for hydroxylation is 1. The fraction of sp³-hybridized carbons (Fsp3) is 0.438. The van der Waals surface area contributed by atoms with Crippen LogP contribution in [0.2, 0.25) is 0 Å². The summed E-state index contributed by atoms with van der Waals surface area (Å²) in [6.45, 7) is 3.29. The Morgan fingerprint density at radius 2 is 2.35 bits per heavy atom. The van der Waals surface area contributed by atoms with Gasteiger partial charge in [0.2, 0.25) is 0 Å². The van der Waals surface area contributed by atoms with Crippen LogP contribution in [0.4, 0.5) is 0 Å². The van der Waals surface area contributed by atoms with Gasteiger partial charge in [0, 0.05) is 14.9 Å². The van der Waals surface area contributed by atoms with Gasteiger partial charge in [0.25, 0.3) is 0 Å². The Labute approximate surface area is 132 Å². The molecule has 1 aromatic heterocycles. The monoisotopic (exact) mass is 350 g/mol. The average Bonchev–Trinajstić information content (AvgIpc) is 2.89. The standard InChI is InChI=1S/C16H19BrN2S/c1-2-9-18-13-7-4-8-14-15(13)19-16(20-14)11-5-3-6-12(17)10-11/h3,5-6,10,13,18H,2,4,7-9H2,1H3. The Morgan fingerprint density at radius 3 is 3.15 bits per heavy atom. The normalized spacial score (nSPS) is 18.0. The minimum absolute atomic E-state index is 0.454. The van der Waals surface area contributed by atoms with E-state index in [1.165, 1.54) is 41.8 Å². The van der Waals surface area contributed by atoms with Crippen molar-refractivity contribution < 1.29 is 0 Å². The van der Waals surface area contributed by atoms with Crippen molar-refractivity contribution in [3.8, 4) is 10.6 Å². The van der Waals surface area contributed by atoms with Gasteiger partial charge < -0.3 is 5.32 Å². The van der Waals surface area contributed by atoms with E-state index in [-0.39, 0.29) is 0 Å². The molecule has 0 spiro atoms. The summed E-state index contributed by atoms with van der Waals surface area (Å²) >= 11 is 5.40. The number of rotatable bonds is 4. The molecule has 1 heterocycles. The second-order valence-corrected chi connectivity index (χ2v) is 7.24. The number of hydrogen-bond donors (Lipinski definition) is 1. The molecule has 4 heteroatoms. The topological polar surface area (TPSA) is 24.9 Å². The third-order valence-electron chi connectivity index (χ3n) is 3.67. The Morgan fingerprint density at radius 1 is 1.45 bits per heavy atom. The summed E-state index contributed by atoms with van der Waals surface area (Å²) in [4.78, 5) is 6.40. The van der Waals surface area contributed by atoms with E-state index < -0.39 is 0 Å². The van der Waals surface area contributed by atoms with Crippen LogP contribution < -0.4 is 5.32 Å². The SMILES string of the molecule is CCCNC1CCCc2sc(-c3cccc(Br)c3)nc21. The van der Waals surface area contributed by atoms with E-state index in [0.717, 1.165) is 16.0 Å². The zero-order chi connectivity index (χ0) is 13.9. The Bertz CT molecular complexity index is 594.